The number of carbonyl (C=O) groups excluding carboxylic acids is 1. The van der Waals surface area contributed by atoms with E-state index >= 15 is 0 Å². The molecular formula is C15H25N3O. The van der Waals surface area contributed by atoms with E-state index < -0.39 is 5.91 Å². The fourth-order valence-corrected chi connectivity index (χ4v) is 2.13. The van der Waals surface area contributed by atoms with Gasteiger partial charge in [0.05, 0.1) is 5.56 Å². The van der Waals surface area contributed by atoms with Crippen molar-refractivity contribution in [2.45, 2.75) is 46.1 Å². The van der Waals surface area contributed by atoms with Crippen LogP contribution in [0.25, 0.3) is 0 Å². The van der Waals surface area contributed by atoms with Crippen molar-refractivity contribution < 1.29 is 4.79 Å². The first-order valence-corrected chi connectivity index (χ1v) is 6.97. The van der Waals surface area contributed by atoms with Crippen LogP contribution in [0.4, 0.5) is 11.4 Å². The van der Waals surface area contributed by atoms with Crippen molar-refractivity contribution in [2.24, 2.45) is 5.73 Å². The Morgan fingerprint density at radius 2 is 2.05 bits per heavy atom. The average Bonchev–Trinajstić information content (AvgIpc) is 2.39. The molecule has 1 aromatic carbocycles. The van der Waals surface area contributed by atoms with Gasteiger partial charge in [-0.3, -0.25) is 4.79 Å². The number of nitrogens with zero attached hydrogens (tertiary/aromatic N) is 1. The Labute approximate surface area is 115 Å². The van der Waals surface area contributed by atoms with Gasteiger partial charge < -0.3 is 16.4 Å². The summed E-state index contributed by atoms with van der Waals surface area (Å²) in [7, 11) is 0. The van der Waals surface area contributed by atoms with Crippen molar-refractivity contribution in [1.82, 2.24) is 0 Å². The van der Waals surface area contributed by atoms with Crippen molar-refractivity contribution in [2.75, 3.05) is 17.2 Å². The van der Waals surface area contributed by atoms with Crippen LogP contribution in [0.2, 0.25) is 0 Å². The average molecular weight is 263 g/mol. The molecule has 0 bridgehead atoms. The molecule has 0 heterocycles. The largest absolute Gasteiger partial charge is 0.399 e. The van der Waals surface area contributed by atoms with Crippen LogP contribution in [0.3, 0.4) is 0 Å². The topological polar surface area (TPSA) is 72.3 Å². The van der Waals surface area contributed by atoms with Gasteiger partial charge in [-0.05, 0) is 38.0 Å². The molecule has 0 aliphatic heterocycles. The summed E-state index contributed by atoms with van der Waals surface area (Å²) < 4.78 is 0. The van der Waals surface area contributed by atoms with Gasteiger partial charge in [0.15, 0.2) is 0 Å². The van der Waals surface area contributed by atoms with E-state index in [4.69, 9.17) is 11.5 Å². The molecule has 0 saturated heterocycles. The van der Waals surface area contributed by atoms with Crippen molar-refractivity contribution in [3.63, 3.8) is 0 Å². The summed E-state index contributed by atoms with van der Waals surface area (Å²) in [6.45, 7) is 7.39. The molecular weight excluding hydrogens is 238 g/mol. The third kappa shape index (κ3) is 3.88. The summed E-state index contributed by atoms with van der Waals surface area (Å²) in [5.74, 6) is -0.424. The highest BCUT2D eigenvalue weighted by atomic mass is 16.1. The fraction of sp³-hybridized carbons (Fsp3) is 0.533. The number of hydrogen-bond acceptors (Lipinski definition) is 3. The maximum absolute atomic E-state index is 11.6. The molecule has 4 heteroatoms. The van der Waals surface area contributed by atoms with E-state index in [1.807, 2.05) is 12.1 Å². The van der Waals surface area contributed by atoms with Crippen molar-refractivity contribution >= 4 is 17.3 Å². The molecule has 0 aromatic heterocycles. The van der Waals surface area contributed by atoms with Crippen LogP contribution in [0.1, 0.15) is 50.4 Å². The van der Waals surface area contributed by atoms with Crippen LogP contribution in [0.5, 0.6) is 0 Å². The SMILES string of the molecule is CCCCN(c1ccc(N)cc1C(N)=O)C(C)CC. The smallest absolute Gasteiger partial charge is 0.250 e. The van der Waals surface area contributed by atoms with E-state index in [2.05, 4.69) is 25.7 Å². The Bertz CT molecular complexity index is 431. The van der Waals surface area contributed by atoms with E-state index in [1.54, 1.807) is 6.07 Å². The molecule has 0 saturated carbocycles. The molecule has 1 rings (SSSR count). The second kappa shape index (κ2) is 7.02. The predicted octanol–water partition coefficient (Wildman–Crippen LogP) is 2.77. The fourth-order valence-electron chi connectivity index (χ4n) is 2.13. The Morgan fingerprint density at radius 1 is 1.37 bits per heavy atom. The van der Waals surface area contributed by atoms with Crippen LogP contribution in [-0.2, 0) is 0 Å². The summed E-state index contributed by atoms with van der Waals surface area (Å²) in [5.41, 5.74) is 13.2. The van der Waals surface area contributed by atoms with Crippen molar-refractivity contribution in [3.8, 4) is 0 Å². The van der Waals surface area contributed by atoms with E-state index in [1.165, 1.54) is 0 Å². The molecule has 0 radical (unpaired) electrons. The Morgan fingerprint density at radius 3 is 2.58 bits per heavy atom. The lowest BCUT2D eigenvalue weighted by Gasteiger charge is -2.32. The molecule has 1 unspecified atom stereocenters. The zero-order chi connectivity index (χ0) is 14.4. The minimum atomic E-state index is -0.424. The van der Waals surface area contributed by atoms with Gasteiger partial charge in [-0.1, -0.05) is 20.3 Å². The van der Waals surface area contributed by atoms with E-state index in [9.17, 15) is 4.79 Å². The van der Waals surface area contributed by atoms with Crippen LogP contribution >= 0.6 is 0 Å². The molecule has 106 valence electrons. The zero-order valence-corrected chi connectivity index (χ0v) is 12.1. The number of primary amides is 1. The molecule has 0 fully saturated rings. The molecule has 1 amide bonds. The van der Waals surface area contributed by atoms with Gasteiger partial charge in [0.25, 0.3) is 5.91 Å². The minimum Gasteiger partial charge on any atom is -0.399 e. The number of hydrogen-bond donors (Lipinski definition) is 2. The number of nitrogen functional groups attached to an aromatic ring is 1. The number of carbonyl (C=O) groups is 1. The van der Waals surface area contributed by atoms with Gasteiger partial charge in [0, 0.05) is 24.0 Å². The van der Waals surface area contributed by atoms with Gasteiger partial charge in [-0.25, -0.2) is 0 Å². The highest BCUT2D eigenvalue weighted by Crippen LogP contribution is 2.26. The van der Waals surface area contributed by atoms with Gasteiger partial charge in [-0.2, -0.15) is 0 Å². The van der Waals surface area contributed by atoms with E-state index in [0.29, 0.717) is 17.3 Å². The number of amides is 1. The van der Waals surface area contributed by atoms with Gasteiger partial charge in [-0.15, -0.1) is 0 Å². The molecule has 4 nitrogen and oxygen atoms in total. The monoisotopic (exact) mass is 263 g/mol. The number of unbranched alkanes of at least 4 members (excludes halogenated alkanes) is 1. The number of anilines is 2. The van der Waals surface area contributed by atoms with Gasteiger partial charge >= 0.3 is 0 Å². The molecule has 4 N–H and O–H groups in total. The Balaban J connectivity index is 3.17. The highest BCUT2D eigenvalue weighted by molar-refractivity contribution is 5.99. The maximum atomic E-state index is 11.6. The molecule has 0 aliphatic rings. The lowest BCUT2D eigenvalue weighted by atomic mass is 10.1. The number of rotatable bonds is 7. The molecule has 0 spiro atoms. The summed E-state index contributed by atoms with van der Waals surface area (Å²) >= 11 is 0. The lowest BCUT2D eigenvalue weighted by molar-refractivity contribution is 0.100. The quantitative estimate of drug-likeness (QED) is 0.743. The molecule has 1 atom stereocenters. The van der Waals surface area contributed by atoms with E-state index in [0.717, 1.165) is 31.5 Å². The molecule has 1 aromatic rings. The third-order valence-corrected chi connectivity index (χ3v) is 3.47. The summed E-state index contributed by atoms with van der Waals surface area (Å²) in [5, 5.41) is 0. The number of benzene rings is 1. The first kappa shape index (κ1) is 15.3. The summed E-state index contributed by atoms with van der Waals surface area (Å²) in [6, 6.07) is 5.76. The minimum absolute atomic E-state index is 0.369. The first-order chi connectivity index (χ1) is 9.01. The summed E-state index contributed by atoms with van der Waals surface area (Å²) in [4.78, 5) is 13.9. The first-order valence-electron chi connectivity index (χ1n) is 6.97. The standard InChI is InChI=1S/C15H25N3O/c1-4-6-9-18(11(3)5-2)14-8-7-12(16)10-13(14)15(17)19/h7-8,10-11H,4-6,9,16H2,1-3H3,(H2,17,19). The molecule has 19 heavy (non-hydrogen) atoms. The molecule has 0 aliphatic carbocycles. The highest BCUT2D eigenvalue weighted by Gasteiger charge is 2.18. The van der Waals surface area contributed by atoms with Crippen LogP contribution in [0.15, 0.2) is 18.2 Å². The lowest BCUT2D eigenvalue weighted by Crippen LogP contribution is -2.35. The van der Waals surface area contributed by atoms with Gasteiger partial charge in [0.2, 0.25) is 0 Å². The zero-order valence-electron chi connectivity index (χ0n) is 12.1. The van der Waals surface area contributed by atoms with Crippen LogP contribution < -0.4 is 16.4 Å². The Hall–Kier alpha value is -1.71. The van der Waals surface area contributed by atoms with E-state index in [-0.39, 0.29) is 0 Å². The van der Waals surface area contributed by atoms with Gasteiger partial charge in [0.1, 0.15) is 0 Å². The summed E-state index contributed by atoms with van der Waals surface area (Å²) in [6.07, 6.45) is 3.23. The van der Waals surface area contributed by atoms with Crippen LogP contribution in [-0.4, -0.2) is 18.5 Å². The maximum Gasteiger partial charge on any atom is 0.250 e. The number of nitrogens with two attached hydrogens (primary N) is 2. The second-order valence-electron chi connectivity index (χ2n) is 4.95. The van der Waals surface area contributed by atoms with Crippen LogP contribution in [0, 0.1) is 0 Å². The Kier molecular flexibility index (Phi) is 5.67. The van der Waals surface area contributed by atoms with Crippen molar-refractivity contribution in [3.05, 3.63) is 23.8 Å². The second-order valence-corrected chi connectivity index (χ2v) is 4.95. The third-order valence-electron chi connectivity index (χ3n) is 3.47. The normalized spacial score (nSPS) is 12.2. The predicted molar refractivity (Wildman–Crippen MR) is 81.4 cm³/mol. The van der Waals surface area contributed by atoms with Crippen molar-refractivity contribution in [1.29, 1.82) is 0 Å².